The van der Waals surface area contributed by atoms with Gasteiger partial charge in [0.15, 0.2) is 0 Å². The van der Waals surface area contributed by atoms with Gasteiger partial charge in [-0.2, -0.15) is 9.57 Å². The van der Waals surface area contributed by atoms with E-state index in [-0.39, 0.29) is 17.7 Å². The molecule has 0 bridgehead atoms. The average molecular weight is 307 g/mol. The number of nitriles is 1. The number of hydrogen-bond donors (Lipinski definition) is 1. The number of nitrogens with two attached hydrogens (primary N) is 1. The molecule has 0 unspecified atom stereocenters. The van der Waals surface area contributed by atoms with Gasteiger partial charge < -0.3 is 5.73 Å². The fourth-order valence-corrected chi connectivity index (χ4v) is 4.81. The van der Waals surface area contributed by atoms with Crippen LogP contribution in [0.3, 0.4) is 0 Å². The fourth-order valence-electron chi connectivity index (χ4n) is 2.93. The molecule has 0 aromatic heterocycles. The Bertz CT molecular complexity index is 637. The average Bonchev–Trinajstić information content (AvgIpc) is 2.46. The molecule has 1 heterocycles. The van der Waals surface area contributed by atoms with Crippen LogP contribution in [0.5, 0.6) is 0 Å². The van der Waals surface area contributed by atoms with E-state index in [0.29, 0.717) is 24.2 Å². The van der Waals surface area contributed by atoms with Gasteiger partial charge in [0.1, 0.15) is 0 Å². The minimum Gasteiger partial charge on any atom is -0.329 e. The van der Waals surface area contributed by atoms with Crippen molar-refractivity contribution in [3.05, 3.63) is 35.4 Å². The van der Waals surface area contributed by atoms with Crippen molar-refractivity contribution < 1.29 is 8.42 Å². The Morgan fingerprint density at radius 1 is 1.48 bits per heavy atom. The predicted molar refractivity (Wildman–Crippen MR) is 81.7 cm³/mol. The summed E-state index contributed by atoms with van der Waals surface area (Å²) in [6.07, 6.45) is 1.88. The molecule has 1 aliphatic rings. The number of piperidine rings is 1. The van der Waals surface area contributed by atoms with Crippen LogP contribution in [0.1, 0.15) is 30.9 Å². The number of hydrogen-bond acceptors (Lipinski definition) is 4. The van der Waals surface area contributed by atoms with E-state index in [4.69, 9.17) is 11.0 Å². The molecule has 1 fully saturated rings. The van der Waals surface area contributed by atoms with Crippen molar-refractivity contribution in [2.24, 2.45) is 11.7 Å². The summed E-state index contributed by atoms with van der Waals surface area (Å²) in [7, 11) is -3.41. The lowest BCUT2D eigenvalue weighted by Crippen LogP contribution is -2.51. The Labute approximate surface area is 126 Å². The smallest absolute Gasteiger partial charge is 0.218 e. The molecule has 1 aromatic rings. The van der Waals surface area contributed by atoms with Gasteiger partial charge in [-0.25, -0.2) is 8.42 Å². The lowest BCUT2D eigenvalue weighted by Gasteiger charge is -2.38. The third-order valence-corrected chi connectivity index (χ3v) is 5.93. The highest BCUT2D eigenvalue weighted by molar-refractivity contribution is 7.88. The molecule has 0 saturated carbocycles. The largest absolute Gasteiger partial charge is 0.329 e. The number of rotatable bonds is 4. The highest BCUT2D eigenvalue weighted by atomic mass is 32.2. The maximum absolute atomic E-state index is 12.7. The summed E-state index contributed by atoms with van der Waals surface area (Å²) in [5, 5.41) is 8.90. The van der Waals surface area contributed by atoms with Gasteiger partial charge in [-0.05, 0) is 36.5 Å². The Balaban J connectivity index is 2.22. The van der Waals surface area contributed by atoms with Crippen LogP contribution in [0.4, 0.5) is 0 Å². The van der Waals surface area contributed by atoms with Gasteiger partial charge in [-0.1, -0.05) is 19.1 Å². The van der Waals surface area contributed by atoms with Crippen LogP contribution >= 0.6 is 0 Å². The first-order chi connectivity index (χ1) is 9.97. The van der Waals surface area contributed by atoms with Crippen molar-refractivity contribution in [1.82, 2.24) is 4.31 Å². The first-order valence-electron chi connectivity index (χ1n) is 7.16. The third-order valence-electron chi connectivity index (χ3n) is 4.07. The number of sulfonamides is 1. The van der Waals surface area contributed by atoms with E-state index in [9.17, 15) is 8.42 Å². The molecule has 1 aromatic carbocycles. The van der Waals surface area contributed by atoms with Gasteiger partial charge in [0, 0.05) is 19.1 Å². The quantitative estimate of drug-likeness (QED) is 0.912. The SMILES string of the molecule is C[C@H]1CCCN(S(=O)(=O)Cc2cccc(C#N)c2)[C@H]1CN. The second-order valence-electron chi connectivity index (χ2n) is 5.60. The van der Waals surface area contributed by atoms with Crippen LogP contribution in [0.25, 0.3) is 0 Å². The summed E-state index contributed by atoms with van der Waals surface area (Å²) in [6, 6.07) is 8.65. The van der Waals surface area contributed by atoms with E-state index in [2.05, 4.69) is 6.92 Å². The molecule has 2 rings (SSSR count). The molecule has 0 radical (unpaired) electrons. The number of nitrogens with zero attached hydrogens (tertiary/aromatic N) is 2. The van der Waals surface area contributed by atoms with E-state index in [1.165, 1.54) is 0 Å². The standard InChI is InChI=1S/C15H21N3O2S/c1-12-4-3-7-18(15(12)10-17)21(19,20)11-14-6-2-5-13(8-14)9-16/h2,5-6,8,12,15H,3-4,7,10-11,17H2,1H3/t12-,15-/m0/s1. The van der Waals surface area contributed by atoms with Crippen molar-refractivity contribution in [3.63, 3.8) is 0 Å². The van der Waals surface area contributed by atoms with Crippen LogP contribution < -0.4 is 5.73 Å². The van der Waals surface area contributed by atoms with Gasteiger partial charge in [0.2, 0.25) is 10.0 Å². The van der Waals surface area contributed by atoms with Crippen molar-refractivity contribution in [1.29, 1.82) is 5.26 Å². The van der Waals surface area contributed by atoms with E-state index in [0.717, 1.165) is 12.8 Å². The zero-order chi connectivity index (χ0) is 15.5. The minimum absolute atomic E-state index is 0.0776. The van der Waals surface area contributed by atoms with Gasteiger partial charge >= 0.3 is 0 Å². The zero-order valence-electron chi connectivity index (χ0n) is 12.2. The van der Waals surface area contributed by atoms with Crippen molar-refractivity contribution in [3.8, 4) is 6.07 Å². The molecule has 0 aliphatic carbocycles. The van der Waals surface area contributed by atoms with E-state index in [1.807, 2.05) is 6.07 Å². The first kappa shape index (κ1) is 16.0. The molecule has 1 aliphatic heterocycles. The van der Waals surface area contributed by atoms with Crippen LogP contribution in [0.15, 0.2) is 24.3 Å². The Kier molecular flexibility index (Phi) is 4.99. The molecule has 2 N–H and O–H groups in total. The van der Waals surface area contributed by atoms with Crippen molar-refractivity contribution in [2.75, 3.05) is 13.1 Å². The maximum Gasteiger partial charge on any atom is 0.218 e. The maximum atomic E-state index is 12.7. The second-order valence-corrected chi connectivity index (χ2v) is 7.52. The summed E-state index contributed by atoms with van der Waals surface area (Å²) in [5.74, 6) is 0.204. The van der Waals surface area contributed by atoms with Gasteiger partial charge in [-0.15, -0.1) is 0 Å². The van der Waals surface area contributed by atoms with Crippen LogP contribution in [-0.2, 0) is 15.8 Å². The third kappa shape index (κ3) is 3.62. The Morgan fingerprint density at radius 3 is 2.90 bits per heavy atom. The van der Waals surface area contributed by atoms with Crippen molar-refractivity contribution >= 4 is 10.0 Å². The fraction of sp³-hybridized carbons (Fsp3) is 0.533. The summed E-state index contributed by atoms with van der Waals surface area (Å²) >= 11 is 0. The first-order valence-corrected chi connectivity index (χ1v) is 8.77. The highest BCUT2D eigenvalue weighted by Gasteiger charge is 2.35. The molecule has 5 nitrogen and oxygen atoms in total. The van der Waals surface area contributed by atoms with Crippen LogP contribution in [-0.4, -0.2) is 31.9 Å². The predicted octanol–water partition coefficient (Wildman–Crippen LogP) is 1.45. The second kappa shape index (κ2) is 6.56. The van der Waals surface area contributed by atoms with E-state index >= 15 is 0 Å². The van der Waals surface area contributed by atoms with Crippen molar-refractivity contribution in [2.45, 2.75) is 31.6 Å². The number of benzene rings is 1. The van der Waals surface area contributed by atoms with E-state index < -0.39 is 10.0 Å². The summed E-state index contributed by atoms with van der Waals surface area (Å²) in [5.41, 5.74) is 6.89. The van der Waals surface area contributed by atoms with Crippen LogP contribution in [0, 0.1) is 17.2 Å². The lowest BCUT2D eigenvalue weighted by atomic mass is 9.93. The molecule has 1 saturated heterocycles. The molecular weight excluding hydrogens is 286 g/mol. The van der Waals surface area contributed by atoms with Gasteiger partial charge in [0.05, 0.1) is 17.4 Å². The van der Waals surface area contributed by atoms with Gasteiger partial charge in [0.25, 0.3) is 0 Å². The monoisotopic (exact) mass is 307 g/mol. The zero-order valence-corrected chi connectivity index (χ0v) is 13.0. The summed E-state index contributed by atoms with van der Waals surface area (Å²) in [6.45, 7) is 2.93. The molecule has 2 atom stereocenters. The topological polar surface area (TPSA) is 87.2 Å². The molecular formula is C15H21N3O2S. The minimum atomic E-state index is -3.41. The van der Waals surface area contributed by atoms with E-state index in [1.54, 1.807) is 28.6 Å². The Hall–Kier alpha value is -1.42. The molecule has 114 valence electrons. The normalized spacial score (nSPS) is 23.7. The molecule has 0 spiro atoms. The summed E-state index contributed by atoms with van der Waals surface area (Å²) < 4.78 is 26.9. The lowest BCUT2D eigenvalue weighted by molar-refractivity contribution is 0.192. The molecule has 6 heteroatoms. The highest BCUT2D eigenvalue weighted by Crippen LogP contribution is 2.26. The van der Waals surface area contributed by atoms with Crippen LogP contribution in [0.2, 0.25) is 0 Å². The molecule has 21 heavy (non-hydrogen) atoms. The van der Waals surface area contributed by atoms with Gasteiger partial charge in [-0.3, -0.25) is 0 Å². The summed E-state index contributed by atoms with van der Waals surface area (Å²) in [4.78, 5) is 0. The molecule has 0 amide bonds. The Morgan fingerprint density at radius 2 is 2.24 bits per heavy atom.